The van der Waals surface area contributed by atoms with Crippen molar-refractivity contribution in [1.29, 1.82) is 0 Å². The Morgan fingerprint density at radius 2 is 1.31 bits per heavy atom. The molecule has 0 aliphatic rings. The van der Waals surface area contributed by atoms with Gasteiger partial charge in [-0.2, -0.15) is 0 Å². The lowest BCUT2D eigenvalue weighted by molar-refractivity contribution is 0.0500. The molecule has 0 aromatic heterocycles. The number of hydrogen-bond acceptors (Lipinski definition) is 5. The third-order valence-corrected chi connectivity index (χ3v) is 11.8. The minimum atomic E-state index is -0.0361. The highest BCUT2D eigenvalue weighted by Crippen LogP contribution is 2.35. The molecule has 0 amide bonds. The van der Waals surface area contributed by atoms with Crippen molar-refractivity contribution in [2.24, 2.45) is 29.1 Å². The van der Waals surface area contributed by atoms with Crippen LogP contribution in [0.4, 0.5) is 0 Å². The Kier molecular flexibility index (Phi) is 21.6. The minimum Gasteiger partial charge on any atom is -0.314 e. The quantitative estimate of drug-likeness (QED) is 0.0883. The third kappa shape index (κ3) is 15.3. The second-order valence-corrected chi connectivity index (χ2v) is 17.1. The van der Waals surface area contributed by atoms with Gasteiger partial charge in [0.15, 0.2) is 0 Å². The first kappa shape index (κ1) is 44.8. The Morgan fingerprint density at radius 1 is 0.733 bits per heavy atom. The highest BCUT2D eigenvalue weighted by molar-refractivity contribution is 5.07. The summed E-state index contributed by atoms with van der Waals surface area (Å²) in [5.74, 6) is 2.46. The molecule has 0 aliphatic carbocycles. The van der Waals surface area contributed by atoms with Gasteiger partial charge >= 0.3 is 0 Å². The Hall–Kier alpha value is -0.200. The molecule has 0 aliphatic heterocycles. The summed E-state index contributed by atoms with van der Waals surface area (Å²) in [6, 6.07) is 1.46. The topological polar surface area (TPSA) is 42.6 Å². The molecule has 0 bridgehead atoms. The van der Waals surface area contributed by atoms with Gasteiger partial charge in [-0.3, -0.25) is 0 Å². The number of hydrogen-bond donors (Lipinski definition) is 3. The van der Waals surface area contributed by atoms with Gasteiger partial charge < -0.3 is 25.8 Å². The largest absolute Gasteiger partial charge is 0.314 e. The molecule has 0 aromatic carbocycles. The van der Waals surface area contributed by atoms with Crippen LogP contribution in [0.1, 0.15) is 156 Å². The fourth-order valence-corrected chi connectivity index (χ4v) is 7.10. The lowest BCUT2D eigenvalue weighted by atomic mass is 9.70. The first-order chi connectivity index (χ1) is 20.9. The van der Waals surface area contributed by atoms with Crippen molar-refractivity contribution in [1.82, 2.24) is 25.8 Å². The second kappa shape index (κ2) is 21.7. The van der Waals surface area contributed by atoms with Crippen molar-refractivity contribution in [2.75, 3.05) is 46.3 Å². The zero-order valence-electron chi connectivity index (χ0n) is 34.1. The van der Waals surface area contributed by atoms with Gasteiger partial charge in [-0.05, 0) is 115 Å². The fourth-order valence-electron chi connectivity index (χ4n) is 7.10. The molecule has 0 saturated carbocycles. The molecule has 5 heteroatoms. The maximum atomic E-state index is 4.48. The first-order valence-corrected chi connectivity index (χ1v) is 19.6. The number of nitrogens with zero attached hydrogens (tertiary/aromatic N) is 2. The van der Waals surface area contributed by atoms with Gasteiger partial charge in [0, 0.05) is 42.3 Å². The summed E-state index contributed by atoms with van der Waals surface area (Å²) in [5, 5.41) is 12.8. The van der Waals surface area contributed by atoms with Crippen LogP contribution in [0.5, 0.6) is 0 Å². The van der Waals surface area contributed by atoms with Gasteiger partial charge in [-0.1, -0.05) is 103 Å². The first-order valence-electron chi connectivity index (χ1n) is 19.6. The van der Waals surface area contributed by atoms with Crippen LogP contribution >= 0.6 is 0 Å². The molecular weight excluding hydrogens is 550 g/mol. The smallest absolute Gasteiger partial charge is 0.0388 e. The van der Waals surface area contributed by atoms with Gasteiger partial charge in [0.05, 0.1) is 0 Å². The van der Waals surface area contributed by atoms with E-state index in [1.54, 1.807) is 0 Å². The molecule has 5 nitrogen and oxygen atoms in total. The van der Waals surface area contributed by atoms with Crippen LogP contribution in [-0.4, -0.2) is 85.3 Å². The Morgan fingerprint density at radius 3 is 1.73 bits per heavy atom. The third-order valence-electron chi connectivity index (χ3n) is 11.8. The summed E-state index contributed by atoms with van der Waals surface area (Å²) in [6.07, 6.45) is 8.36. The Balaban J connectivity index is 7.24. The van der Waals surface area contributed by atoms with Crippen LogP contribution in [0, 0.1) is 29.1 Å². The van der Waals surface area contributed by atoms with Crippen LogP contribution in [0.2, 0.25) is 0 Å². The van der Waals surface area contributed by atoms with E-state index in [1.807, 2.05) is 0 Å². The maximum absolute atomic E-state index is 4.48. The Bertz CT molecular complexity index is 721. The highest BCUT2D eigenvalue weighted by atomic mass is 15.2. The van der Waals surface area contributed by atoms with E-state index in [0.717, 1.165) is 39.0 Å². The number of rotatable bonds is 26. The zero-order chi connectivity index (χ0) is 35.0. The van der Waals surface area contributed by atoms with E-state index in [1.165, 1.54) is 45.2 Å². The van der Waals surface area contributed by atoms with Crippen molar-refractivity contribution < 1.29 is 0 Å². The van der Waals surface area contributed by atoms with Crippen LogP contribution < -0.4 is 16.0 Å². The molecule has 0 fully saturated rings. The van der Waals surface area contributed by atoms with E-state index in [4.69, 9.17) is 0 Å². The van der Waals surface area contributed by atoms with Gasteiger partial charge in [-0.15, -0.1) is 0 Å². The molecule has 0 spiro atoms. The summed E-state index contributed by atoms with van der Waals surface area (Å²) in [6.45, 7) is 44.9. The summed E-state index contributed by atoms with van der Waals surface area (Å²) in [5.41, 5.74) is 0.250. The summed E-state index contributed by atoms with van der Waals surface area (Å²) in [4.78, 5) is 5.44. The maximum Gasteiger partial charge on any atom is 0.0388 e. The predicted octanol–water partition coefficient (Wildman–Crippen LogP) is 9.07. The summed E-state index contributed by atoms with van der Waals surface area (Å²) in [7, 11) is 2.41. The molecule has 0 aromatic rings. The van der Waals surface area contributed by atoms with Crippen LogP contribution in [0.3, 0.4) is 0 Å². The summed E-state index contributed by atoms with van der Waals surface area (Å²) < 4.78 is 0. The van der Waals surface area contributed by atoms with Crippen LogP contribution in [-0.2, 0) is 0 Å². The molecule has 0 radical (unpaired) electrons. The van der Waals surface area contributed by atoms with Gasteiger partial charge in [0.25, 0.3) is 0 Å². The zero-order valence-corrected chi connectivity index (χ0v) is 34.1. The fraction of sp³-hybridized carbons (Fsp3) is 1.00. The van der Waals surface area contributed by atoms with Crippen molar-refractivity contribution in [3.05, 3.63) is 0 Å². The molecule has 0 heterocycles. The SMILES string of the molecule is CCC(CC)CNC(CCNC(C)C(C)(C)C)(C(CCN(CC)CC(C)C)CN(C)C(CC)CC)C(CC)NC(C)(C)C(C)C. The Labute approximate surface area is 285 Å². The normalized spacial score (nSPS) is 16.9. The van der Waals surface area contributed by atoms with Gasteiger partial charge in [-0.25, -0.2) is 0 Å². The van der Waals surface area contributed by atoms with E-state index in [-0.39, 0.29) is 16.5 Å². The molecule has 0 rings (SSSR count). The van der Waals surface area contributed by atoms with Crippen molar-refractivity contribution in [3.8, 4) is 0 Å². The van der Waals surface area contributed by atoms with Gasteiger partial charge in [0.1, 0.15) is 0 Å². The lowest BCUT2D eigenvalue weighted by Gasteiger charge is -2.53. The van der Waals surface area contributed by atoms with Gasteiger partial charge in [0.2, 0.25) is 0 Å². The molecule has 3 N–H and O–H groups in total. The van der Waals surface area contributed by atoms with Crippen LogP contribution in [0.25, 0.3) is 0 Å². The van der Waals surface area contributed by atoms with E-state index in [2.05, 4.69) is 144 Å². The standard InChI is InChI=1S/C40H87N5/c1-18-34(19-2)28-42-40(25-26-41-33(11)38(12,13)14,37(22-5)43-39(15,16)32(9)10)35(30-44(17)36(20-3)21-4)24-27-45(23-6)29-31(7)8/h31-37,41-43H,18-30H2,1-17H3. The predicted molar refractivity (Wildman–Crippen MR) is 205 cm³/mol. The van der Waals surface area contributed by atoms with E-state index in [9.17, 15) is 0 Å². The van der Waals surface area contributed by atoms with E-state index >= 15 is 0 Å². The molecule has 272 valence electrons. The van der Waals surface area contributed by atoms with Crippen molar-refractivity contribution >= 4 is 0 Å². The molecular formula is C40H87N5. The molecule has 45 heavy (non-hydrogen) atoms. The summed E-state index contributed by atoms with van der Waals surface area (Å²) >= 11 is 0. The second-order valence-electron chi connectivity index (χ2n) is 17.1. The minimum absolute atomic E-state index is 0.0361. The highest BCUT2D eigenvalue weighted by Gasteiger charge is 2.46. The monoisotopic (exact) mass is 638 g/mol. The average molecular weight is 638 g/mol. The average Bonchev–Trinajstić information content (AvgIpc) is 2.96. The molecule has 4 atom stereocenters. The van der Waals surface area contributed by atoms with Crippen molar-refractivity contribution in [2.45, 2.75) is 185 Å². The molecule has 0 saturated heterocycles. The van der Waals surface area contributed by atoms with Crippen molar-refractivity contribution in [3.63, 3.8) is 0 Å². The molecule has 4 unspecified atom stereocenters. The van der Waals surface area contributed by atoms with E-state index < -0.39 is 0 Å². The lowest BCUT2D eigenvalue weighted by Crippen LogP contribution is -2.70. The van der Waals surface area contributed by atoms with E-state index in [0.29, 0.717) is 41.8 Å². The number of nitrogens with one attached hydrogen (secondary N) is 3. The van der Waals surface area contributed by atoms with Crippen LogP contribution in [0.15, 0.2) is 0 Å².